The molecule has 0 aromatic heterocycles. The molecule has 0 aliphatic heterocycles. The summed E-state index contributed by atoms with van der Waals surface area (Å²) in [4.78, 5) is 0. The smallest absolute Gasteiger partial charge is 0.130 e. The number of phenolic OH excluding ortho intramolecular Hbond substituents is 1. The van der Waals surface area contributed by atoms with Crippen LogP contribution in [0.4, 0.5) is 0 Å². The van der Waals surface area contributed by atoms with Crippen molar-refractivity contribution in [2.45, 2.75) is 26.2 Å². The van der Waals surface area contributed by atoms with E-state index in [0.717, 1.165) is 16.7 Å². The second-order valence-electron chi connectivity index (χ2n) is 8.21. The lowest BCUT2D eigenvalue weighted by atomic mass is 10.1. The van der Waals surface area contributed by atoms with E-state index < -0.39 is 6.10 Å². The first-order valence-electron chi connectivity index (χ1n) is 11.9. The standard InChI is InChI=1S/C31H30O5/c1-2-34-30-20-27(35-21-23-9-5-3-6-10-23)16-13-25(30)14-18-29(33)28-17-15-26(32)19-31(28)36-22-24-11-7-4-8-12-24/h3-20,29,32-33H,2,21-22H2,1H3. The number of aliphatic hydroxyl groups excluding tert-OH is 1. The largest absolute Gasteiger partial charge is 0.508 e. The van der Waals surface area contributed by atoms with Crippen molar-refractivity contribution in [3.05, 3.63) is 125 Å². The summed E-state index contributed by atoms with van der Waals surface area (Å²) in [6.45, 7) is 3.22. The average molecular weight is 483 g/mol. The number of benzene rings is 4. The minimum Gasteiger partial charge on any atom is -0.508 e. The topological polar surface area (TPSA) is 68.2 Å². The van der Waals surface area contributed by atoms with Gasteiger partial charge in [-0.05, 0) is 42.3 Å². The van der Waals surface area contributed by atoms with E-state index in [1.807, 2.05) is 91.9 Å². The number of aromatic hydroxyl groups is 1. The molecule has 0 heterocycles. The van der Waals surface area contributed by atoms with Gasteiger partial charge in [-0.2, -0.15) is 0 Å². The van der Waals surface area contributed by atoms with E-state index in [1.54, 1.807) is 12.1 Å². The third-order valence-corrected chi connectivity index (χ3v) is 5.54. The Morgan fingerprint density at radius 3 is 2.06 bits per heavy atom. The van der Waals surface area contributed by atoms with Crippen LogP contribution in [0.3, 0.4) is 0 Å². The predicted octanol–water partition coefficient (Wildman–Crippen LogP) is 6.70. The zero-order chi connectivity index (χ0) is 25.2. The van der Waals surface area contributed by atoms with Crippen LogP contribution in [0, 0.1) is 0 Å². The van der Waals surface area contributed by atoms with Crippen LogP contribution in [-0.4, -0.2) is 16.8 Å². The Morgan fingerprint density at radius 2 is 1.39 bits per heavy atom. The molecule has 0 aliphatic carbocycles. The molecule has 4 rings (SSSR count). The van der Waals surface area contributed by atoms with Gasteiger partial charge in [0.1, 0.15) is 42.3 Å². The van der Waals surface area contributed by atoms with E-state index in [9.17, 15) is 10.2 Å². The Hall–Kier alpha value is -4.22. The van der Waals surface area contributed by atoms with Gasteiger partial charge in [-0.25, -0.2) is 0 Å². The molecular weight excluding hydrogens is 452 g/mol. The first-order chi connectivity index (χ1) is 17.6. The Balaban J connectivity index is 1.48. The van der Waals surface area contributed by atoms with Crippen molar-refractivity contribution < 1.29 is 24.4 Å². The van der Waals surface area contributed by atoms with Crippen molar-refractivity contribution >= 4 is 6.08 Å². The van der Waals surface area contributed by atoms with Crippen LogP contribution in [0.1, 0.15) is 35.3 Å². The highest BCUT2D eigenvalue weighted by molar-refractivity contribution is 5.60. The average Bonchev–Trinajstić information content (AvgIpc) is 2.91. The number of hydrogen-bond donors (Lipinski definition) is 2. The lowest BCUT2D eigenvalue weighted by molar-refractivity contribution is 0.217. The first kappa shape index (κ1) is 24.9. The molecule has 0 radical (unpaired) electrons. The molecule has 0 bridgehead atoms. The van der Waals surface area contributed by atoms with Crippen molar-refractivity contribution in [2.24, 2.45) is 0 Å². The van der Waals surface area contributed by atoms with E-state index in [-0.39, 0.29) is 5.75 Å². The Bertz CT molecular complexity index is 1270. The third kappa shape index (κ3) is 6.90. The maximum absolute atomic E-state index is 10.9. The summed E-state index contributed by atoms with van der Waals surface area (Å²) in [5, 5.41) is 20.9. The molecule has 1 atom stereocenters. The van der Waals surface area contributed by atoms with Gasteiger partial charge in [0.2, 0.25) is 0 Å². The van der Waals surface area contributed by atoms with Crippen LogP contribution >= 0.6 is 0 Å². The van der Waals surface area contributed by atoms with Crippen molar-refractivity contribution in [1.82, 2.24) is 0 Å². The molecule has 0 amide bonds. The molecule has 0 saturated heterocycles. The van der Waals surface area contributed by atoms with Gasteiger partial charge in [-0.15, -0.1) is 0 Å². The second kappa shape index (κ2) is 12.5. The highest BCUT2D eigenvalue weighted by Gasteiger charge is 2.13. The molecule has 0 fully saturated rings. The summed E-state index contributed by atoms with van der Waals surface area (Å²) in [5.41, 5.74) is 3.45. The fourth-order valence-corrected chi connectivity index (χ4v) is 3.69. The van der Waals surface area contributed by atoms with E-state index in [1.165, 1.54) is 12.1 Å². The van der Waals surface area contributed by atoms with Gasteiger partial charge in [0.05, 0.1) is 6.61 Å². The fraction of sp³-hybridized carbons (Fsp3) is 0.161. The first-order valence-corrected chi connectivity index (χ1v) is 11.9. The highest BCUT2D eigenvalue weighted by atomic mass is 16.5. The summed E-state index contributed by atoms with van der Waals surface area (Å²) in [5.74, 6) is 1.86. The molecule has 0 spiro atoms. The van der Waals surface area contributed by atoms with Crippen LogP contribution in [-0.2, 0) is 13.2 Å². The quantitative estimate of drug-likeness (QED) is 0.249. The van der Waals surface area contributed by atoms with Crippen molar-refractivity contribution in [3.63, 3.8) is 0 Å². The van der Waals surface area contributed by atoms with E-state index in [4.69, 9.17) is 14.2 Å². The number of hydrogen-bond acceptors (Lipinski definition) is 5. The zero-order valence-corrected chi connectivity index (χ0v) is 20.2. The van der Waals surface area contributed by atoms with Crippen LogP contribution in [0.15, 0.2) is 103 Å². The molecule has 4 aromatic carbocycles. The minimum absolute atomic E-state index is 0.0720. The number of phenols is 1. The molecule has 0 aliphatic rings. The van der Waals surface area contributed by atoms with Crippen LogP contribution in [0.25, 0.3) is 6.08 Å². The Morgan fingerprint density at radius 1 is 0.722 bits per heavy atom. The second-order valence-corrected chi connectivity index (χ2v) is 8.21. The van der Waals surface area contributed by atoms with Gasteiger partial charge >= 0.3 is 0 Å². The monoisotopic (exact) mass is 482 g/mol. The predicted molar refractivity (Wildman–Crippen MR) is 141 cm³/mol. The Kier molecular flexibility index (Phi) is 8.62. The Labute approximate surface area is 211 Å². The maximum Gasteiger partial charge on any atom is 0.130 e. The molecule has 2 N–H and O–H groups in total. The normalized spacial score (nSPS) is 11.8. The molecule has 184 valence electrons. The molecule has 5 nitrogen and oxygen atoms in total. The van der Waals surface area contributed by atoms with Crippen molar-refractivity contribution in [1.29, 1.82) is 0 Å². The fourth-order valence-electron chi connectivity index (χ4n) is 3.69. The van der Waals surface area contributed by atoms with E-state index >= 15 is 0 Å². The molecule has 36 heavy (non-hydrogen) atoms. The lowest BCUT2D eigenvalue weighted by Crippen LogP contribution is -2.02. The van der Waals surface area contributed by atoms with Gasteiger partial charge in [0.25, 0.3) is 0 Å². The van der Waals surface area contributed by atoms with Gasteiger partial charge in [0, 0.05) is 23.3 Å². The SMILES string of the molecule is CCOc1cc(OCc2ccccc2)ccc1C=CC(O)c1ccc(O)cc1OCc1ccccc1. The minimum atomic E-state index is -0.945. The lowest BCUT2D eigenvalue weighted by Gasteiger charge is -2.15. The summed E-state index contributed by atoms with van der Waals surface area (Å²) in [7, 11) is 0. The van der Waals surface area contributed by atoms with Crippen molar-refractivity contribution in [3.8, 4) is 23.0 Å². The van der Waals surface area contributed by atoms with Gasteiger partial charge < -0.3 is 24.4 Å². The third-order valence-electron chi connectivity index (χ3n) is 5.54. The zero-order valence-electron chi connectivity index (χ0n) is 20.2. The van der Waals surface area contributed by atoms with Gasteiger partial charge in [-0.3, -0.25) is 0 Å². The molecular formula is C31H30O5. The molecule has 1 unspecified atom stereocenters. The van der Waals surface area contributed by atoms with Crippen LogP contribution in [0.2, 0.25) is 0 Å². The van der Waals surface area contributed by atoms with E-state index in [0.29, 0.717) is 42.6 Å². The van der Waals surface area contributed by atoms with Gasteiger partial charge in [0.15, 0.2) is 0 Å². The van der Waals surface area contributed by atoms with E-state index in [2.05, 4.69) is 0 Å². The maximum atomic E-state index is 10.9. The number of aliphatic hydroxyl groups is 1. The van der Waals surface area contributed by atoms with Gasteiger partial charge in [-0.1, -0.05) is 72.8 Å². The van der Waals surface area contributed by atoms with Crippen molar-refractivity contribution in [2.75, 3.05) is 6.61 Å². The summed E-state index contributed by atoms with van der Waals surface area (Å²) in [6, 6.07) is 30.1. The molecule has 5 heteroatoms. The molecule has 4 aromatic rings. The van der Waals surface area contributed by atoms with Crippen LogP contribution in [0.5, 0.6) is 23.0 Å². The molecule has 0 saturated carbocycles. The highest BCUT2D eigenvalue weighted by Crippen LogP contribution is 2.32. The van der Waals surface area contributed by atoms with Crippen LogP contribution < -0.4 is 14.2 Å². The number of ether oxygens (including phenoxy) is 3. The summed E-state index contributed by atoms with van der Waals surface area (Å²) >= 11 is 0. The summed E-state index contributed by atoms with van der Waals surface area (Å²) in [6.07, 6.45) is 2.54. The number of rotatable bonds is 11. The summed E-state index contributed by atoms with van der Waals surface area (Å²) < 4.78 is 17.7.